The molecule has 0 saturated heterocycles. The summed E-state index contributed by atoms with van der Waals surface area (Å²) in [5.41, 5.74) is 0. The molecule has 0 bridgehead atoms. The molecule has 0 spiro atoms. The zero-order valence-electron chi connectivity index (χ0n) is 10.9. The van der Waals surface area contributed by atoms with E-state index in [4.69, 9.17) is 4.74 Å². The molecule has 1 atom stereocenters. The van der Waals surface area contributed by atoms with Gasteiger partial charge in [0.05, 0.1) is 5.01 Å². The first-order valence-corrected chi connectivity index (χ1v) is 7.44. The Bertz CT molecular complexity index is 264. The summed E-state index contributed by atoms with van der Waals surface area (Å²) in [7, 11) is 0. The van der Waals surface area contributed by atoms with Gasteiger partial charge in [0.15, 0.2) is 0 Å². The maximum atomic E-state index is 5.56. The van der Waals surface area contributed by atoms with Crippen LogP contribution >= 0.6 is 11.3 Å². The van der Waals surface area contributed by atoms with Crippen LogP contribution in [0.5, 0.6) is 0 Å². The molecule has 98 valence electrons. The van der Waals surface area contributed by atoms with Gasteiger partial charge in [0.1, 0.15) is 0 Å². The summed E-state index contributed by atoms with van der Waals surface area (Å²) in [5.74, 6) is 0. The Kier molecular flexibility index (Phi) is 8.22. The molecular formula is C13H24N2OS. The maximum Gasteiger partial charge on any atom is 0.0940 e. The van der Waals surface area contributed by atoms with Gasteiger partial charge in [-0.1, -0.05) is 13.8 Å². The lowest BCUT2D eigenvalue weighted by molar-refractivity contribution is 0.124. The molecule has 0 saturated carbocycles. The minimum Gasteiger partial charge on any atom is -0.381 e. The second-order valence-electron chi connectivity index (χ2n) is 4.18. The summed E-state index contributed by atoms with van der Waals surface area (Å²) < 4.78 is 5.56. The highest BCUT2D eigenvalue weighted by Gasteiger charge is 2.10. The molecule has 0 aliphatic heterocycles. The first-order valence-electron chi connectivity index (χ1n) is 6.56. The Morgan fingerprint density at radius 1 is 1.35 bits per heavy atom. The molecule has 1 N–H and O–H groups in total. The van der Waals surface area contributed by atoms with E-state index in [0.29, 0.717) is 6.04 Å². The SMILES string of the molecule is CCCNC(CCOCCC)Cc1nccs1. The third-order valence-electron chi connectivity index (χ3n) is 2.55. The Morgan fingerprint density at radius 3 is 2.88 bits per heavy atom. The molecule has 4 heteroatoms. The standard InChI is InChI=1S/C13H24N2OS/c1-3-6-14-12(5-9-16-8-4-2)11-13-15-7-10-17-13/h7,10,12,14H,3-6,8-9,11H2,1-2H3. The zero-order valence-corrected chi connectivity index (χ0v) is 11.8. The van der Waals surface area contributed by atoms with Crippen LogP contribution in [-0.2, 0) is 11.2 Å². The van der Waals surface area contributed by atoms with Gasteiger partial charge < -0.3 is 10.1 Å². The smallest absolute Gasteiger partial charge is 0.0940 e. The van der Waals surface area contributed by atoms with Crippen LogP contribution in [0.1, 0.15) is 38.1 Å². The number of hydrogen-bond acceptors (Lipinski definition) is 4. The zero-order chi connectivity index (χ0) is 12.3. The average molecular weight is 256 g/mol. The van der Waals surface area contributed by atoms with Crippen LogP contribution in [-0.4, -0.2) is 30.8 Å². The molecule has 0 aromatic carbocycles. The van der Waals surface area contributed by atoms with Crippen molar-refractivity contribution in [2.45, 2.75) is 45.6 Å². The molecule has 17 heavy (non-hydrogen) atoms. The van der Waals surface area contributed by atoms with E-state index < -0.39 is 0 Å². The molecule has 0 aliphatic rings. The quantitative estimate of drug-likeness (QED) is 0.654. The highest BCUT2D eigenvalue weighted by atomic mass is 32.1. The summed E-state index contributed by atoms with van der Waals surface area (Å²) >= 11 is 1.74. The van der Waals surface area contributed by atoms with Crippen molar-refractivity contribution in [2.24, 2.45) is 0 Å². The highest BCUT2D eigenvalue weighted by molar-refractivity contribution is 7.09. The second-order valence-corrected chi connectivity index (χ2v) is 5.16. The minimum atomic E-state index is 0.498. The monoisotopic (exact) mass is 256 g/mol. The fourth-order valence-corrected chi connectivity index (χ4v) is 2.36. The molecule has 1 rings (SSSR count). The first-order chi connectivity index (χ1) is 8.36. The van der Waals surface area contributed by atoms with Gasteiger partial charge >= 0.3 is 0 Å². The molecular weight excluding hydrogens is 232 g/mol. The van der Waals surface area contributed by atoms with Gasteiger partial charge in [-0.25, -0.2) is 4.98 Å². The van der Waals surface area contributed by atoms with Gasteiger partial charge in [0, 0.05) is 37.3 Å². The van der Waals surface area contributed by atoms with E-state index in [-0.39, 0.29) is 0 Å². The third kappa shape index (κ3) is 6.76. The second kappa shape index (κ2) is 9.57. The van der Waals surface area contributed by atoms with Gasteiger partial charge in [-0.15, -0.1) is 11.3 Å². The van der Waals surface area contributed by atoms with Gasteiger partial charge in [0.25, 0.3) is 0 Å². The molecule has 0 fully saturated rings. The van der Waals surface area contributed by atoms with E-state index in [1.54, 1.807) is 11.3 Å². The number of rotatable bonds is 10. The predicted octanol–water partition coefficient (Wildman–Crippen LogP) is 2.87. The van der Waals surface area contributed by atoms with Crippen molar-refractivity contribution in [3.8, 4) is 0 Å². The van der Waals surface area contributed by atoms with Crippen molar-refractivity contribution in [3.63, 3.8) is 0 Å². The maximum absolute atomic E-state index is 5.56. The summed E-state index contributed by atoms with van der Waals surface area (Å²) in [5, 5.41) is 6.83. The van der Waals surface area contributed by atoms with E-state index in [2.05, 4.69) is 24.1 Å². The lowest BCUT2D eigenvalue weighted by atomic mass is 10.1. The Labute approximate surface area is 109 Å². The van der Waals surface area contributed by atoms with Gasteiger partial charge in [-0.3, -0.25) is 0 Å². The molecule has 1 unspecified atom stereocenters. The fourth-order valence-electron chi connectivity index (χ4n) is 1.66. The normalized spacial score (nSPS) is 12.8. The van der Waals surface area contributed by atoms with E-state index in [1.165, 1.54) is 11.4 Å². The number of aromatic nitrogens is 1. The number of thiazole rings is 1. The highest BCUT2D eigenvalue weighted by Crippen LogP contribution is 2.09. The summed E-state index contributed by atoms with van der Waals surface area (Å²) in [6, 6.07) is 0.498. The number of hydrogen-bond donors (Lipinski definition) is 1. The number of nitrogens with one attached hydrogen (secondary N) is 1. The van der Waals surface area contributed by atoms with Crippen molar-refractivity contribution in [1.29, 1.82) is 0 Å². The topological polar surface area (TPSA) is 34.1 Å². The largest absolute Gasteiger partial charge is 0.381 e. The molecule has 1 heterocycles. The first kappa shape index (κ1) is 14.6. The Morgan fingerprint density at radius 2 is 2.24 bits per heavy atom. The Balaban J connectivity index is 2.26. The minimum absolute atomic E-state index is 0.498. The average Bonchev–Trinajstić information content (AvgIpc) is 2.84. The van der Waals surface area contributed by atoms with E-state index in [0.717, 1.165) is 39.0 Å². The van der Waals surface area contributed by atoms with Crippen molar-refractivity contribution in [2.75, 3.05) is 19.8 Å². The van der Waals surface area contributed by atoms with Gasteiger partial charge in [-0.2, -0.15) is 0 Å². The van der Waals surface area contributed by atoms with Crippen molar-refractivity contribution in [3.05, 3.63) is 16.6 Å². The predicted molar refractivity (Wildman–Crippen MR) is 73.6 cm³/mol. The van der Waals surface area contributed by atoms with E-state index >= 15 is 0 Å². The summed E-state index contributed by atoms with van der Waals surface area (Å²) in [4.78, 5) is 4.35. The summed E-state index contributed by atoms with van der Waals surface area (Å²) in [6.07, 6.45) is 6.24. The van der Waals surface area contributed by atoms with Crippen LogP contribution in [0.25, 0.3) is 0 Å². The van der Waals surface area contributed by atoms with E-state index in [9.17, 15) is 0 Å². The fraction of sp³-hybridized carbons (Fsp3) is 0.769. The van der Waals surface area contributed by atoms with Crippen LogP contribution in [0.2, 0.25) is 0 Å². The van der Waals surface area contributed by atoms with Crippen molar-refractivity contribution < 1.29 is 4.74 Å². The van der Waals surface area contributed by atoms with Crippen LogP contribution in [0.4, 0.5) is 0 Å². The van der Waals surface area contributed by atoms with Gasteiger partial charge in [-0.05, 0) is 25.8 Å². The van der Waals surface area contributed by atoms with Crippen LogP contribution in [0.15, 0.2) is 11.6 Å². The molecule has 0 radical (unpaired) electrons. The molecule has 0 amide bonds. The van der Waals surface area contributed by atoms with Crippen LogP contribution in [0, 0.1) is 0 Å². The van der Waals surface area contributed by atoms with Crippen molar-refractivity contribution in [1.82, 2.24) is 10.3 Å². The molecule has 1 aromatic heterocycles. The summed E-state index contributed by atoms with van der Waals surface area (Å²) in [6.45, 7) is 7.13. The Hall–Kier alpha value is -0.450. The number of ether oxygens (including phenoxy) is 1. The molecule has 3 nitrogen and oxygen atoms in total. The van der Waals surface area contributed by atoms with Gasteiger partial charge in [0.2, 0.25) is 0 Å². The van der Waals surface area contributed by atoms with Crippen molar-refractivity contribution >= 4 is 11.3 Å². The lowest BCUT2D eigenvalue weighted by Gasteiger charge is -2.17. The van der Waals surface area contributed by atoms with Crippen LogP contribution in [0.3, 0.4) is 0 Å². The van der Waals surface area contributed by atoms with Crippen LogP contribution < -0.4 is 5.32 Å². The molecule has 1 aromatic rings. The van der Waals surface area contributed by atoms with E-state index in [1.807, 2.05) is 11.6 Å². The number of nitrogens with zero attached hydrogens (tertiary/aromatic N) is 1. The lowest BCUT2D eigenvalue weighted by Crippen LogP contribution is -2.33. The third-order valence-corrected chi connectivity index (χ3v) is 3.35. The molecule has 0 aliphatic carbocycles.